The molecule has 1 atom stereocenters. The highest BCUT2D eigenvalue weighted by Crippen LogP contribution is 2.20. The lowest BCUT2D eigenvalue weighted by Gasteiger charge is -2.10. The maximum absolute atomic E-state index is 11.6. The molecule has 1 amide bonds. The number of halogens is 1. The molecule has 1 aromatic rings. The van der Waals surface area contributed by atoms with Gasteiger partial charge in [-0.05, 0) is 17.7 Å². The van der Waals surface area contributed by atoms with Crippen molar-refractivity contribution in [2.24, 2.45) is 0 Å². The SMILES string of the molecule is COCCNC(=O)CC(C#N)c1ccc(Cl)cc1. The maximum atomic E-state index is 11.6. The van der Waals surface area contributed by atoms with Crippen LogP contribution in [0.5, 0.6) is 0 Å². The van der Waals surface area contributed by atoms with Crippen LogP contribution in [0.4, 0.5) is 0 Å². The first-order chi connectivity index (χ1) is 8.67. The van der Waals surface area contributed by atoms with Crippen molar-refractivity contribution in [2.45, 2.75) is 12.3 Å². The smallest absolute Gasteiger partial charge is 0.221 e. The first kappa shape index (κ1) is 14.5. The highest BCUT2D eigenvalue weighted by Gasteiger charge is 2.15. The number of hydrogen-bond donors (Lipinski definition) is 1. The van der Waals surface area contributed by atoms with Gasteiger partial charge in [0, 0.05) is 25.1 Å². The molecule has 0 saturated carbocycles. The number of nitrogens with zero attached hydrogens (tertiary/aromatic N) is 1. The predicted octanol–water partition coefficient (Wildman–Crippen LogP) is 2.10. The quantitative estimate of drug-likeness (QED) is 0.802. The second-order valence-corrected chi connectivity index (χ2v) is 4.22. The minimum atomic E-state index is -0.454. The molecule has 1 aromatic carbocycles. The molecule has 0 saturated heterocycles. The number of ether oxygens (including phenoxy) is 1. The van der Waals surface area contributed by atoms with E-state index in [0.717, 1.165) is 5.56 Å². The van der Waals surface area contributed by atoms with Crippen LogP contribution in [0.3, 0.4) is 0 Å². The zero-order valence-corrected chi connectivity index (χ0v) is 10.9. The van der Waals surface area contributed by atoms with Crippen LogP contribution >= 0.6 is 11.6 Å². The molecule has 0 aliphatic heterocycles. The van der Waals surface area contributed by atoms with Crippen LogP contribution in [0, 0.1) is 11.3 Å². The van der Waals surface area contributed by atoms with Crippen molar-refractivity contribution >= 4 is 17.5 Å². The van der Waals surface area contributed by atoms with Crippen LogP contribution in [0.15, 0.2) is 24.3 Å². The minimum absolute atomic E-state index is 0.141. The molecule has 0 radical (unpaired) electrons. The second-order valence-electron chi connectivity index (χ2n) is 3.78. The van der Waals surface area contributed by atoms with Crippen LogP contribution in [-0.4, -0.2) is 26.2 Å². The highest BCUT2D eigenvalue weighted by atomic mass is 35.5. The van der Waals surface area contributed by atoms with Crippen molar-refractivity contribution < 1.29 is 9.53 Å². The number of carbonyl (C=O) groups excluding carboxylic acids is 1. The molecule has 0 aromatic heterocycles. The van der Waals surface area contributed by atoms with Crippen LogP contribution in [-0.2, 0) is 9.53 Å². The topological polar surface area (TPSA) is 62.1 Å². The second kappa shape index (κ2) is 7.70. The first-order valence-corrected chi connectivity index (χ1v) is 5.96. The molecular weight excluding hydrogens is 252 g/mol. The Morgan fingerprint density at radius 3 is 2.72 bits per heavy atom. The summed E-state index contributed by atoms with van der Waals surface area (Å²) in [7, 11) is 1.57. The van der Waals surface area contributed by atoms with Gasteiger partial charge in [-0.15, -0.1) is 0 Å². The van der Waals surface area contributed by atoms with E-state index in [-0.39, 0.29) is 12.3 Å². The molecule has 5 heteroatoms. The standard InChI is InChI=1S/C13H15ClN2O2/c1-18-7-6-16-13(17)8-11(9-15)10-2-4-12(14)5-3-10/h2-5,11H,6-8H2,1H3,(H,16,17). The molecule has 0 aliphatic carbocycles. The summed E-state index contributed by atoms with van der Waals surface area (Å²) in [6.07, 6.45) is 0.141. The van der Waals surface area contributed by atoms with Gasteiger partial charge in [0.1, 0.15) is 0 Å². The van der Waals surface area contributed by atoms with E-state index in [9.17, 15) is 4.79 Å². The molecule has 1 N–H and O–H groups in total. The summed E-state index contributed by atoms with van der Waals surface area (Å²) in [4.78, 5) is 11.6. The molecule has 0 aliphatic rings. The van der Waals surface area contributed by atoms with Crippen LogP contribution < -0.4 is 5.32 Å². The average molecular weight is 267 g/mol. The van der Waals surface area contributed by atoms with Gasteiger partial charge >= 0.3 is 0 Å². The number of carbonyl (C=O) groups is 1. The van der Waals surface area contributed by atoms with E-state index in [2.05, 4.69) is 11.4 Å². The Balaban J connectivity index is 2.54. The van der Waals surface area contributed by atoms with E-state index < -0.39 is 5.92 Å². The molecule has 1 unspecified atom stereocenters. The van der Waals surface area contributed by atoms with E-state index >= 15 is 0 Å². The van der Waals surface area contributed by atoms with Crippen molar-refractivity contribution in [2.75, 3.05) is 20.3 Å². The number of hydrogen-bond acceptors (Lipinski definition) is 3. The Hall–Kier alpha value is -1.57. The summed E-state index contributed by atoms with van der Waals surface area (Å²) in [5, 5.41) is 12.4. The van der Waals surface area contributed by atoms with E-state index in [0.29, 0.717) is 18.2 Å². The number of benzene rings is 1. The molecular formula is C13H15ClN2O2. The van der Waals surface area contributed by atoms with Gasteiger partial charge in [0.15, 0.2) is 0 Å². The van der Waals surface area contributed by atoms with E-state index in [1.165, 1.54) is 0 Å². The molecule has 96 valence electrons. The van der Waals surface area contributed by atoms with Crippen LogP contribution in [0.25, 0.3) is 0 Å². The summed E-state index contributed by atoms with van der Waals surface area (Å²) >= 11 is 5.77. The third kappa shape index (κ3) is 4.74. The largest absolute Gasteiger partial charge is 0.383 e. The van der Waals surface area contributed by atoms with Crippen molar-refractivity contribution in [3.05, 3.63) is 34.9 Å². The van der Waals surface area contributed by atoms with Gasteiger partial charge in [0.25, 0.3) is 0 Å². The van der Waals surface area contributed by atoms with Gasteiger partial charge in [0.2, 0.25) is 5.91 Å². The lowest BCUT2D eigenvalue weighted by Crippen LogP contribution is -2.28. The summed E-state index contributed by atoms with van der Waals surface area (Å²) in [6, 6.07) is 9.07. The van der Waals surface area contributed by atoms with Crippen LogP contribution in [0.1, 0.15) is 17.9 Å². The molecule has 0 fully saturated rings. The lowest BCUT2D eigenvalue weighted by atomic mass is 9.97. The van der Waals surface area contributed by atoms with Crippen molar-refractivity contribution in [3.8, 4) is 6.07 Å². The van der Waals surface area contributed by atoms with Crippen molar-refractivity contribution in [3.63, 3.8) is 0 Å². The Bertz CT molecular complexity index is 426. The third-order valence-electron chi connectivity index (χ3n) is 2.45. The maximum Gasteiger partial charge on any atom is 0.221 e. The van der Waals surface area contributed by atoms with Gasteiger partial charge < -0.3 is 10.1 Å². The predicted molar refractivity (Wildman–Crippen MR) is 69.3 cm³/mol. The molecule has 1 rings (SSSR count). The zero-order valence-electron chi connectivity index (χ0n) is 10.1. The van der Waals surface area contributed by atoms with Crippen LogP contribution in [0.2, 0.25) is 5.02 Å². The lowest BCUT2D eigenvalue weighted by molar-refractivity contribution is -0.121. The van der Waals surface area contributed by atoms with Gasteiger partial charge in [0.05, 0.1) is 18.6 Å². The summed E-state index contributed by atoms with van der Waals surface area (Å²) < 4.78 is 4.83. The van der Waals surface area contributed by atoms with Crippen molar-refractivity contribution in [1.29, 1.82) is 5.26 Å². The Labute approximate surface area is 112 Å². The number of nitriles is 1. The molecule has 0 bridgehead atoms. The average Bonchev–Trinajstić information content (AvgIpc) is 2.37. The van der Waals surface area contributed by atoms with Gasteiger partial charge in [-0.2, -0.15) is 5.26 Å². The number of rotatable bonds is 6. The molecule has 18 heavy (non-hydrogen) atoms. The number of methoxy groups -OCH3 is 1. The van der Waals surface area contributed by atoms with Gasteiger partial charge in [-0.3, -0.25) is 4.79 Å². The van der Waals surface area contributed by atoms with E-state index in [4.69, 9.17) is 21.6 Å². The fourth-order valence-corrected chi connectivity index (χ4v) is 1.61. The monoisotopic (exact) mass is 266 g/mol. The number of nitrogens with one attached hydrogen (secondary N) is 1. The van der Waals surface area contributed by atoms with Gasteiger partial charge in [-0.25, -0.2) is 0 Å². The van der Waals surface area contributed by atoms with E-state index in [1.807, 2.05) is 0 Å². The Kier molecular flexibility index (Phi) is 6.20. The fraction of sp³-hybridized carbons (Fsp3) is 0.385. The third-order valence-corrected chi connectivity index (χ3v) is 2.70. The minimum Gasteiger partial charge on any atom is -0.383 e. The van der Waals surface area contributed by atoms with Gasteiger partial charge in [-0.1, -0.05) is 23.7 Å². The molecule has 0 heterocycles. The number of amides is 1. The van der Waals surface area contributed by atoms with E-state index in [1.54, 1.807) is 31.4 Å². The first-order valence-electron chi connectivity index (χ1n) is 5.58. The van der Waals surface area contributed by atoms with Crippen molar-refractivity contribution in [1.82, 2.24) is 5.32 Å². The zero-order chi connectivity index (χ0) is 13.4. The summed E-state index contributed by atoms with van der Waals surface area (Å²) in [5.74, 6) is -0.613. The fourth-order valence-electron chi connectivity index (χ4n) is 1.48. The molecule has 0 spiro atoms. The normalized spacial score (nSPS) is 11.6. The highest BCUT2D eigenvalue weighted by molar-refractivity contribution is 6.30. The molecule has 4 nitrogen and oxygen atoms in total. The Morgan fingerprint density at radius 2 is 2.17 bits per heavy atom. The Morgan fingerprint density at radius 1 is 1.50 bits per heavy atom. The summed E-state index contributed by atoms with van der Waals surface area (Å²) in [5.41, 5.74) is 0.795. The summed E-state index contributed by atoms with van der Waals surface area (Å²) in [6.45, 7) is 0.915.